The van der Waals surface area contributed by atoms with Crippen molar-refractivity contribution in [2.45, 2.75) is 39.8 Å². The van der Waals surface area contributed by atoms with Crippen LogP contribution in [0.2, 0.25) is 0 Å². The molecule has 2 N–H and O–H groups in total. The first kappa shape index (κ1) is 25.0. The fourth-order valence-corrected chi connectivity index (χ4v) is 4.09. The van der Waals surface area contributed by atoms with Crippen LogP contribution in [0.1, 0.15) is 35.7 Å². The smallest absolute Gasteiger partial charge is 0.191 e. The summed E-state index contributed by atoms with van der Waals surface area (Å²) < 4.78 is 5.47. The Labute approximate surface area is 201 Å². The normalized spacial score (nSPS) is 14.9. The number of benzene rings is 1. The Hall–Kier alpha value is -1.23. The summed E-state index contributed by atoms with van der Waals surface area (Å²) >= 11 is 1.75. The standard InChI is InChI=1S/C22H33N5OS.HI/c1-3-21-26-20(17-29-21)9-10-24-22(23-4-2)25-15-18-7-5-6-8-19(18)16-27-11-13-28-14-12-27;/h5-8,17H,3-4,9-16H2,1-2H3,(H2,23,24,25);1H. The summed E-state index contributed by atoms with van der Waals surface area (Å²) in [5.41, 5.74) is 3.79. The predicted molar refractivity (Wildman–Crippen MR) is 136 cm³/mol. The minimum absolute atomic E-state index is 0. The van der Waals surface area contributed by atoms with Gasteiger partial charge in [0.25, 0.3) is 0 Å². The number of hydrogen-bond acceptors (Lipinski definition) is 5. The van der Waals surface area contributed by atoms with Crippen LogP contribution in [0.25, 0.3) is 0 Å². The van der Waals surface area contributed by atoms with Crippen LogP contribution in [0.5, 0.6) is 0 Å². The lowest BCUT2D eigenvalue weighted by atomic mass is 10.1. The molecule has 1 saturated heterocycles. The molecule has 8 heteroatoms. The molecule has 0 aliphatic carbocycles. The molecule has 0 unspecified atom stereocenters. The zero-order valence-corrected chi connectivity index (χ0v) is 21.2. The van der Waals surface area contributed by atoms with E-state index in [1.165, 1.54) is 16.1 Å². The largest absolute Gasteiger partial charge is 0.379 e. The van der Waals surface area contributed by atoms with E-state index in [-0.39, 0.29) is 24.0 Å². The number of aryl methyl sites for hydroxylation is 1. The van der Waals surface area contributed by atoms with Crippen LogP contribution in [0.4, 0.5) is 0 Å². The number of rotatable bonds is 9. The summed E-state index contributed by atoms with van der Waals surface area (Å²) in [6, 6.07) is 8.62. The zero-order valence-electron chi connectivity index (χ0n) is 18.0. The highest BCUT2D eigenvalue weighted by atomic mass is 127. The lowest BCUT2D eigenvalue weighted by Gasteiger charge is -2.27. The van der Waals surface area contributed by atoms with Gasteiger partial charge in [-0.25, -0.2) is 9.98 Å². The Bertz CT molecular complexity index is 776. The third kappa shape index (κ3) is 8.13. The highest BCUT2D eigenvalue weighted by Gasteiger charge is 2.12. The first-order valence-corrected chi connectivity index (χ1v) is 11.5. The second-order valence-electron chi connectivity index (χ2n) is 7.12. The molecule has 0 bridgehead atoms. The van der Waals surface area contributed by atoms with Crippen molar-refractivity contribution < 1.29 is 4.74 Å². The minimum atomic E-state index is 0. The lowest BCUT2D eigenvalue weighted by molar-refractivity contribution is 0.0341. The van der Waals surface area contributed by atoms with E-state index in [1.54, 1.807) is 11.3 Å². The summed E-state index contributed by atoms with van der Waals surface area (Å²) in [5, 5.41) is 10.2. The zero-order chi connectivity index (χ0) is 20.3. The Balaban J connectivity index is 0.00000320. The van der Waals surface area contributed by atoms with Crippen LogP contribution in [-0.2, 0) is 30.7 Å². The van der Waals surface area contributed by atoms with Crippen molar-refractivity contribution in [1.82, 2.24) is 20.5 Å². The van der Waals surface area contributed by atoms with Crippen molar-refractivity contribution in [2.75, 3.05) is 39.4 Å². The van der Waals surface area contributed by atoms with Crippen molar-refractivity contribution in [1.29, 1.82) is 0 Å². The lowest BCUT2D eigenvalue weighted by Crippen LogP contribution is -2.38. The van der Waals surface area contributed by atoms with Crippen LogP contribution in [0.15, 0.2) is 34.6 Å². The van der Waals surface area contributed by atoms with Gasteiger partial charge in [-0.3, -0.25) is 4.90 Å². The third-order valence-electron chi connectivity index (χ3n) is 4.94. The van der Waals surface area contributed by atoms with Gasteiger partial charge in [-0.05, 0) is 24.5 Å². The molecule has 3 rings (SSSR count). The number of nitrogens with one attached hydrogen (secondary N) is 2. The SMILES string of the molecule is CCNC(=NCc1ccccc1CN1CCOCC1)NCCc1csc(CC)n1.I. The molecule has 0 radical (unpaired) electrons. The minimum Gasteiger partial charge on any atom is -0.379 e. The molecular weight excluding hydrogens is 509 g/mol. The molecular formula is C22H34IN5OS. The third-order valence-corrected chi connectivity index (χ3v) is 5.99. The molecule has 0 amide bonds. The summed E-state index contributed by atoms with van der Waals surface area (Å²) in [7, 11) is 0. The van der Waals surface area contributed by atoms with Crippen LogP contribution in [0.3, 0.4) is 0 Å². The van der Waals surface area contributed by atoms with E-state index in [0.717, 1.165) is 70.4 Å². The Morgan fingerprint density at radius 2 is 1.93 bits per heavy atom. The number of hydrogen-bond donors (Lipinski definition) is 2. The van der Waals surface area contributed by atoms with Crippen molar-refractivity contribution in [3.63, 3.8) is 0 Å². The number of halogens is 1. The molecule has 1 aliphatic heterocycles. The monoisotopic (exact) mass is 543 g/mol. The van der Waals surface area contributed by atoms with E-state index in [1.807, 2.05) is 0 Å². The van der Waals surface area contributed by atoms with E-state index < -0.39 is 0 Å². The van der Waals surface area contributed by atoms with Gasteiger partial charge in [-0.15, -0.1) is 35.3 Å². The summed E-state index contributed by atoms with van der Waals surface area (Å²) in [5.74, 6) is 0.861. The second-order valence-corrected chi connectivity index (χ2v) is 8.06. The number of aliphatic imine (C=N–C) groups is 1. The number of morpholine rings is 1. The first-order valence-electron chi connectivity index (χ1n) is 10.6. The van der Waals surface area contributed by atoms with Gasteiger partial charge in [-0.2, -0.15) is 0 Å². The van der Waals surface area contributed by atoms with Gasteiger partial charge in [0.2, 0.25) is 0 Å². The van der Waals surface area contributed by atoms with Gasteiger partial charge < -0.3 is 15.4 Å². The maximum absolute atomic E-state index is 5.47. The van der Waals surface area contributed by atoms with Gasteiger partial charge >= 0.3 is 0 Å². The molecule has 1 aromatic carbocycles. The maximum Gasteiger partial charge on any atom is 0.191 e. The van der Waals surface area contributed by atoms with Crippen molar-refractivity contribution in [2.24, 2.45) is 4.99 Å². The molecule has 30 heavy (non-hydrogen) atoms. The van der Waals surface area contributed by atoms with Crippen molar-refractivity contribution in [3.8, 4) is 0 Å². The highest BCUT2D eigenvalue weighted by molar-refractivity contribution is 14.0. The van der Waals surface area contributed by atoms with Crippen molar-refractivity contribution >= 4 is 41.3 Å². The number of aromatic nitrogens is 1. The molecule has 6 nitrogen and oxygen atoms in total. The average Bonchev–Trinajstić information content (AvgIpc) is 3.22. The van der Waals surface area contributed by atoms with Gasteiger partial charge in [0.05, 0.1) is 30.5 Å². The predicted octanol–water partition coefficient (Wildman–Crippen LogP) is 3.45. The van der Waals surface area contributed by atoms with Gasteiger partial charge in [0.1, 0.15) is 0 Å². The molecule has 1 fully saturated rings. The van der Waals surface area contributed by atoms with E-state index >= 15 is 0 Å². The van der Waals surface area contributed by atoms with Crippen molar-refractivity contribution in [3.05, 3.63) is 51.5 Å². The molecule has 0 spiro atoms. The topological polar surface area (TPSA) is 61.8 Å². The Morgan fingerprint density at radius 1 is 1.17 bits per heavy atom. The number of ether oxygens (including phenoxy) is 1. The quantitative estimate of drug-likeness (QED) is 0.288. The molecule has 1 aliphatic rings. The first-order chi connectivity index (χ1) is 14.3. The fraction of sp³-hybridized carbons (Fsp3) is 0.545. The summed E-state index contributed by atoms with van der Waals surface area (Å²) in [4.78, 5) is 11.9. The van der Waals surface area contributed by atoms with E-state index in [4.69, 9.17) is 9.73 Å². The molecule has 0 atom stereocenters. The number of nitrogens with zero attached hydrogens (tertiary/aromatic N) is 3. The van der Waals surface area contributed by atoms with E-state index in [2.05, 4.69) is 64.0 Å². The van der Waals surface area contributed by atoms with Crippen LogP contribution in [0, 0.1) is 0 Å². The summed E-state index contributed by atoms with van der Waals surface area (Å²) in [6.45, 7) is 11.2. The van der Waals surface area contributed by atoms with Gasteiger partial charge in [-0.1, -0.05) is 31.2 Å². The van der Waals surface area contributed by atoms with E-state index in [0.29, 0.717) is 6.54 Å². The maximum atomic E-state index is 5.47. The Morgan fingerprint density at radius 3 is 2.63 bits per heavy atom. The van der Waals surface area contributed by atoms with Crippen LogP contribution < -0.4 is 10.6 Å². The molecule has 166 valence electrons. The fourth-order valence-electron chi connectivity index (χ4n) is 3.31. The summed E-state index contributed by atoms with van der Waals surface area (Å²) in [6.07, 6.45) is 1.92. The molecule has 2 heterocycles. The molecule has 0 saturated carbocycles. The van der Waals surface area contributed by atoms with Crippen LogP contribution in [-0.4, -0.2) is 55.2 Å². The van der Waals surface area contributed by atoms with Gasteiger partial charge in [0.15, 0.2) is 5.96 Å². The van der Waals surface area contributed by atoms with Crippen LogP contribution >= 0.6 is 35.3 Å². The molecule has 1 aromatic heterocycles. The second kappa shape index (κ2) is 14.0. The van der Waals surface area contributed by atoms with E-state index in [9.17, 15) is 0 Å². The highest BCUT2D eigenvalue weighted by Crippen LogP contribution is 2.14. The number of guanidine groups is 1. The Kier molecular flexibility index (Phi) is 11.6. The number of thiazole rings is 1. The molecule has 2 aromatic rings. The van der Waals surface area contributed by atoms with Gasteiger partial charge in [0, 0.05) is 44.5 Å². The average molecular weight is 544 g/mol.